The molecule has 0 fully saturated rings. The molecule has 1 aromatic heterocycles. The Labute approximate surface area is 143 Å². The number of hydrogen-bond acceptors (Lipinski definition) is 6. The van der Waals surface area contributed by atoms with Crippen molar-refractivity contribution in [1.82, 2.24) is 0 Å². The summed E-state index contributed by atoms with van der Waals surface area (Å²) in [4.78, 5) is 12.7. The Morgan fingerprint density at radius 3 is 2.60 bits per heavy atom. The van der Waals surface area contributed by atoms with Gasteiger partial charge >= 0.3 is 0 Å². The van der Waals surface area contributed by atoms with Crippen molar-refractivity contribution in [3.8, 4) is 17.2 Å². The Bertz CT molecular complexity index is 1050. The Morgan fingerprint density at radius 1 is 1.12 bits per heavy atom. The third-order valence-electron chi connectivity index (χ3n) is 3.98. The van der Waals surface area contributed by atoms with Crippen LogP contribution in [0.3, 0.4) is 0 Å². The van der Waals surface area contributed by atoms with Crippen LogP contribution in [0.1, 0.15) is 12.5 Å². The average molecular weight is 342 g/mol. The number of hydrogen-bond donors (Lipinski definition) is 3. The van der Waals surface area contributed by atoms with Gasteiger partial charge in [-0.1, -0.05) is 11.6 Å². The van der Waals surface area contributed by atoms with Crippen LogP contribution in [0.4, 0.5) is 0 Å². The summed E-state index contributed by atoms with van der Waals surface area (Å²) in [5.74, 6) is -0.566. The zero-order valence-corrected chi connectivity index (χ0v) is 13.9. The molecule has 3 N–H and O–H groups in total. The van der Waals surface area contributed by atoms with E-state index < -0.39 is 5.43 Å². The van der Waals surface area contributed by atoms with Gasteiger partial charge in [0.1, 0.15) is 33.8 Å². The average Bonchev–Trinajstić information content (AvgIpc) is 2.52. The highest BCUT2D eigenvalue weighted by atomic mass is 16.5. The van der Waals surface area contributed by atoms with Gasteiger partial charge in [0.05, 0.1) is 12.0 Å². The number of allylic oxidation sites excluding steroid dienone is 1. The van der Waals surface area contributed by atoms with E-state index in [-0.39, 0.29) is 39.2 Å². The van der Waals surface area contributed by atoms with Gasteiger partial charge in [-0.25, -0.2) is 0 Å². The minimum Gasteiger partial charge on any atom is -0.508 e. The van der Waals surface area contributed by atoms with Crippen molar-refractivity contribution in [2.75, 3.05) is 13.7 Å². The molecular weight excluding hydrogens is 324 g/mol. The molecule has 0 aliphatic rings. The van der Waals surface area contributed by atoms with Gasteiger partial charge in [-0.15, -0.1) is 0 Å². The summed E-state index contributed by atoms with van der Waals surface area (Å²) in [5.41, 5.74) is 1.38. The number of fused-ring (bicyclic) bond motifs is 2. The van der Waals surface area contributed by atoms with Crippen LogP contribution in [0.5, 0.6) is 17.2 Å². The van der Waals surface area contributed by atoms with Crippen molar-refractivity contribution in [2.45, 2.75) is 13.3 Å². The van der Waals surface area contributed by atoms with E-state index in [4.69, 9.17) is 9.15 Å². The Hall–Kier alpha value is -2.99. The molecule has 3 rings (SSSR count). The van der Waals surface area contributed by atoms with Gasteiger partial charge in [-0.3, -0.25) is 4.79 Å². The van der Waals surface area contributed by atoms with Crippen LogP contribution in [-0.4, -0.2) is 29.0 Å². The van der Waals surface area contributed by atoms with Crippen molar-refractivity contribution >= 4 is 21.9 Å². The van der Waals surface area contributed by atoms with E-state index >= 15 is 0 Å². The molecule has 0 amide bonds. The van der Waals surface area contributed by atoms with Gasteiger partial charge < -0.3 is 24.5 Å². The van der Waals surface area contributed by atoms with Gasteiger partial charge in [0.15, 0.2) is 0 Å². The number of phenols is 3. The second-order valence-electron chi connectivity index (χ2n) is 5.93. The number of phenolic OH excluding ortho intramolecular Hbond substituents is 3. The number of benzene rings is 2. The predicted molar refractivity (Wildman–Crippen MR) is 94.3 cm³/mol. The Balaban J connectivity index is 2.19. The molecule has 0 bridgehead atoms. The fourth-order valence-electron chi connectivity index (χ4n) is 2.76. The lowest BCUT2D eigenvalue weighted by Crippen LogP contribution is -2.03. The predicted octanol–water partition coefficient (Wildman–Crippen LogP) is 3.20. The van der Waals surface area contributed by atoms with Crippen LogP contribution in [0.15, 0.2) is 45.1 Å². The number of methoxy groups -OCH3 is 1. The van der Waals surface area contributed by atoms with Crippen molar-refractivity contribution in [3.05, 3.63) is 51.7 Å². The fourth-order valence-corrected chi connectivity index (χ4v) is 2.76. The van der Waals surface area contributed by atoms with E-state index in [9.17, 15) is 20.1 Å². The fraction of sp³-hybridized carbons (Fsp3) is 0.211. The monoisotopic (exact) mass is 342 g/mol. The van der Waals surface area contributed by atoms with Crippen molar-refractivity contribution in [1.29, 1.82) is 0 Å². The van der Waals surface area contributed by atoms with E-state index in [0.29, 0.717) is 18.6 Å². The quantitative estimate of drug-likeness (QED) is 0.497. The molecule has 6 nitrogen and oxygen atoms in total. The van der Waals surface area contributed by atoms with Crippen LogP contribution in [0.25, 0.3) is 21.9 Å². The largest absolute Gasteiger partial charge is 0.508 e. The highest BCUT2D eigenvalue weighted by molar-refractivity contribution is 5.94. The lowest BCUT2D eigenvalue weighted by molar-refractivity contribution is 0.225. The summed E-state index contributed by atoms with van der Waals surface area (Å²) in [6, 6.07) is 5.26. The van der Waals surface area contributed by atoms with E-state index in [1.54, 1.807) is 13.2 Å². The SMILES string of the molecule is COCC(C)=CCc1cc2c(=O)c3c(O)cc(O)cc3oc2cc1O. The second-order valence-corrected chi connectivity index (χ2v) is 5.93. The lowest BCUT2D eigenvalue weighted by Gasteiger charge is -2.08. The zero-order chi connectivity index (χ0) is 18.1. The molecule has 25 heavy (non-hydrogen) atoms. The lowest BCUT2D eigenvalue weighted by atomic mass is 10.0. The number of ether oxygens (including phenoxy) is 1. The molecule has 0 spiro atoms. The summed E-state index contributed by atoms with van der Waals surface area (Å²) in [7, 11) is 1.60. The Morgan fingerprint density at radius 2 is 1.88 bits per heavy atom. The number of rotatable bonds is 4. The molecule has 3 aromatic rings. The molecular formula is C19H18O6. The summed E-state index contributed by atoms with van der Waals surface area (Å²) in [6.07, 6.45) is 2.33. The normalized spacial score (nSPS) is 12.2. The molecule has 130 valence electrons. The summed E-state index contributed by atoms with van der Waals surface area (Å²) in [6.45, 7) is 2.40. The van der Waals surface area contributed by atoms with E-state index in [0.717, 1.165) is 11.6 Å². The van der Waals surface area contributed by atoms with E-state index in [1.807, 2.05) is 13.0 Å². The van der Waals surface area contributed by atoms with Crippen LogP contribution in [-0.2, 0) is 11.2 Å². The van der Waals surface area contributed by atoms with Crippen molar-refractivity contribution in [3.63, 3.8) is 0 Å². The minimum atomic E-state index is -0.424. The van der Waals surface area contributed by atoms with Gasteiger partial charge in [0.2, 0.25) is 5.43 Å². The standard InChI is InChI=1S/C19H18O6/c1-10(9-24-2)3-4-11-5-13-16(8-14(11)21)25-17-7-12(20)6-15(22)18(17)19(13)23/h3,5-8,20-22H,4,9H2,1-2H3. The maximum absolute atomic E-state index is 12.7. The maximum atomic E-state index is 12.7. The number of aromatic hydroxyl groups is 3. The minimum absolute atomic E-state index is 0.000779. The molecule has 0 saturated heterocycles. The second kappa shape index (κ2) is 6.49. The van der Waals surface area contributed by atoms with Crippen LogP contribution >= 0.6 is 0 Å². The topological polar surface area (TPSA) is 100 Å². The van der Waals surface area contributed by atoms with Gasteiger partial charge in [0.25, 0.3) is 0 Å². The summed E-state index contributed by atoms with van der Waals surface area (Å²) >= 11 is 0. The molecule has 2 aromatic carbocycles. The molecule has 1 heterocycles. The van der Waals surface area contributed by atoms with Gasteiger partial charge in [-0.05, 0) is 25.0 Å². The van der Waals surface area contributed by atoms with Crippen LogP contribution in [0.2, 0.25) is 0 Å². The van der Waals surface area contributed by atoms with Crippen molar-refractivity contribution in [2.24, 2.45) is 0 Å². The molecule has 0 saturated carbocycles. The Kier molecular flexibility index (Phi) is 4.37. The first-order chi connectivity index (χ1) is 11.9. The van der Waals surface area contributed by atoms with Crippen LogP contribution < -0.4 is 5.43 Å². The smallest absolute Gasteiger partial charge is 0.204 e. The third kappa shape index (κ3) is 3.16. The molecule has 6 heteroatoms. The third-order valence-corrected chi connectivity index (χ3v) is 3.98. The molecule has 0 radical (unpaired) electrons. The zero-order valence-electron chi connectivity index (χ0n) is 13.9. The first-order valence-electron chi connectivity index (χ1n) is 7.69. The van der Waals surface area contributed by atoms with Gasteiger partial charge in [-0.2, -0.15) is 0 Å². The van der Waals surface area contributed by atoms with E-state index in [2.05, 4.69) is 0 Å². The molecule has 0 atom stereocenters. The maximum Gasteiger partial charge on any atom is 0.204 e. The first-order valence-corrected chi connectivity index (χ1v) is 7.69. The van der Waals surface area contributed by atoms with Crippen molar-refractivity contribution < 1.29 is 24.5 Å². The summed E-state index contributed by atoms with van der Waals surface area (Å²) in [5, 5.41) is 30.0. The van der Waals surface area contributed by atoms with Crippen LogP contribution in [0, 0.1) is 0 Å². The van der Waals surface area contributed by atoms with Gasteiger partial charge in [0, 0.05) is 25.3 Å². The summed E-state index contributed by atoms with van der Waals surface area (Å²) < 4.78 is 10.6. The highest BCUT2D eigenvalue weighted by Crippen LogP contribution is 2.32. The first kappa shape index (κ1) is 16.9. The molecule has 0 unspecified atom stereocenters. The van der Waals surface area contributed by atoms with E-state index in [1.165, 1.54) is 12.1 Å². The molecule has 0 aliphatic heterocycles. The highest BCUT2D eigenvalue weighted by Gasteiger charge is 2.15. The molecule has 0 aliphatic carbocycles.